The number of aryl methyl sites for hydroxylation is 1. The second-order valence-electron chi connectivity index (χ2n) is 5.83. The molecule has 0 saturated heterocycles. The van der Waals surface area contributed by atoms with Gasteiger partial charge in [0.1, 0.15) is 6.10 Å². The fraction of sp³-hybridized carbons (Fsp3) is 0.278. The minimum atomic E-state index is -3.63. The fourth-order valence-corrected chi connectivity index (χ4v) is 3.50. The van der Waals surface area contributed by atoms with Crippen LogP contribution in [0, 0.1) is 6.92 Å². The predicted octanol–water partition coefficient (Wildman–Crippen LogP) is 3.82. The fourth-order valence-electron chi connectivity index (χ4n) is 2.28. The Balaban J connectivity index is 2.32. The molecule has 0 heterocycles. The van der Waals surface area contributed by atoms with Crippen LogP contribution in [0.4, 0.5) is 0 Å². The summed E-state index contributed by atoms with van der Waals surface area (Å²) < 4.78 is 31.1. The normalized spacial score (nSPS) is 12.9. The van der Waals surface area contributed by atoms with Gasteiger partial charge in [-0.05, 0) is 37.6 Å². The van der Waals surface area contributed by atoms with Gasteiger partial charge in [0.2, 0.25) is 10.0 Å². The molecule has 2 rings (SSSR count). The Morgan fingerprint density at radius 3 is 2.40 bits per heavy atom. The third-order valence-electron chi connectivity index (χ3n) is 3.83. The number of ether oxygens (including phenoxy) is 1. The van der Waals surface area contributed by atoms with Gasteiger partial charge in [0.25, 0.3) is 0 Å². The lowest BCUT2D eigenvalue weighted by Crippen LogP contribution is -2.22. The molecule has 0 aliphatic heterocycles. The van der Waals surface area contributed by atoms with E-state index in [0.717, 1.165) is 4.31 Å². The third kappa shape index (κ3) is 4.21. The van der Waals surface area contributed by atoms with Gasteiger partial charge in [-0.3, -0.25) is 0 Å². The molecule has 0 aromatic heterocycles. The van der Waals surface area contributed by atoms with Crippen LogP contribution >= 0.6 is 11.6 Å². The number of halogens is 1. The van der Waals surface area contributed by atoms with Crippen LogP contribution in [-0.2, 0) is 14.8 Å². The van der Waals surface area contributed by atoms with Crippen LogP contribution in [0.3, 0.4) is 0 Å². The largest absolute Gasteiger partial charge is 0.454 e. The molecule has 0 aliphatic rings. The van der Waals surface area contributed by atoms with E-state index in [4.69, 9.17) is 16.3 Å². The number of nitrogens with zero attached hydrogens (tertiary/aromatic N) is 1. The number of carbonyl (C=O) groups is 1. The van der Waals surface area contributed by atoms with Crippen LogP contribution in [0.15, 0.2) is 47.4 Å². The van der Waals surface area contributed by atoms with E-state index in [9.17, 15) is 13.2 Å². The van der Waals surface area contributed by atoms with Crippen molar-refractivity contribution < 1.29 is 17.9 Å². The van der Waals surface area contributed by atoms with E-state index in [0.29, 0.717) is 16.1 Å². The predicted molar refractivity (Wildman–Crippen MR) is 97.3 cm³/mol. The average molecular weight is 382 g/mol. The molecule has 0 aliphatic carbocycles. The Hall–Kier alpha value is -1.89. The number of rotatable bonds is 5. The van der Waals surface area contributed by atoms with Crippen molar-refractivity contribution in [3.8, 4) is 0 Å². The topological polar surface area (TPSA) is 63.7 Å². The lowest BCUT2D eigenvalue weighted by molar-refractivity contribution is 0.0337. The zero-order chi connectivity index (χ0) is 18.8. The van der Waals surface area contributed by atoms with Gasteiger partial charge in [-0.25, -0.2) is 17.5 Å². The van der Waals surface area contributed by atoms with Crippen LogP contribution in [0.2, 0.25) is 5.02 Å². The molecule has 1 atom stereocenters. The molecule has 5 nitrogen and oxygen atoms in total. The highest BCUT2D eigenvalue weighted by Crippen LogP contribution is 2.27. The van der Waals surface area contributed by atoms with Crippen molar-refractivity contribution in [3.63, 3.8) is 0 Å². The molecular formula is C18H20ClNO4S. The maximum absolute atomic E-state index is 12.5. The monoisotopic (exact) mass is 381 g/mol. The van der Waals surface area contributed by atoms with Crippen LogP contribution in [0.1, 0.15) is 34.5 Å². The summed E-state index contributed by atoms with van der Waals surface area (Å²) in [6, 6.07) is 11.5. The Kier molecular flexibility index (Phi) is 5.87. The lowest BCUT2D eigenvalue weighted by atomic mass is 10.1. The molecule has 0 fully saturated rings. The van der Waals surface area contributed by atoms with E-state index in [2.05, 4.69) is 0 Å². The Morgan fingerprint density at radius 1 is 1.16 bits per heavy atom. The van der Waals surface area contributed by atoms with E-state index in [1.165, 1.54) is 26.2 Å². The molecule has 0 amide bonds. The van der Waals surface area contributed by atoms with E-state index in [-0.39, 0.29) is 10.5 Å². The summed E-state index contributed by atoms with van der Waals surface area (Å²) in [4.78, 5) is 12.6. The molecule has 0 saturated carbocycles. The summed E-state index contributed by atoms with van der Waals surface area (Å²) in [7, 11) is -0.758. The first-order valence-electron chi connectivity index (χ1n) is 7.63. The molecule has 0 unspecified atom stereocenters. The SMILES string of the molecule is Cc1ccc(S(=O)(=O)N(C)C)cc1C(=O)O[C@@H](C)c1ccccc1Cl. The number of benzene rings is 2. The van der Waals surface area contributed by atoms with Crippen LogP contribution < -0.4 is 0 Å². The van der Waals surface area contributed by atoms with Crippen molar-refractivity contribution in [2.24, 2.45) is 0 Å². The highest BCUT2D eigenvalue weighted by atomic mass is 35.5. The van der Waals surface area contributed by atoms with Gasteiger partial charge in [0, 0.05) is 24.7 Å². The van der Waals surface area contributed by atoms with E-state index < -0.39 is 22.1 Å². The first kappa shape index (κ1) is 19.4. The van der Waals surface area contributed by atoms with E-state index in [1.54, 1.807) is 44.2 Å². The van der Waals surface area contributed by atoms with Crippen LogP contribution in [-0.4, -0.2) is 32.8 Å². The van der Waals surface area contributed by atoms with Gasteiger partial charge in [-0.2, -0.15) is 0 Å². The van der Waals surface area contributed by atoms with Crippen molar-refractivity contribution >= 4 is 27.6 Å². The molecule has 25 heavy (non-hydrogen) atoms. The summed E-state index contributed by atoms with van der Waals surface area (Å²) in [6.45, 7) is 3.44. The molecule has 0 N–H and O–H groups in total. The van der Waals surface area contributed by atoms with Gasteiger partial charge >= 0.3 is 5.97 Å². The summed E-state index contributed by atoms with van der Waals surface area (Å²) in [5.74, 6) is -0.597. The Morgan fingerprint density at radius 2 is 1.80 bits per heavy atom. The summed E-state index contributed by atoms with van der Waals surface area (Å²) in [6.07, 6.45) is -0.560. The molecule has 7 heteroatoms. The second-order valence-corrected chi connectivity index (χ2v) is 8.39. The maximum atomic E-state index is 12.5. The standard InChI is InChI=1S/C18H20ClNO4S/c1-12-9-10-14(25(22,23)20(3)4)11-16(12)18(21)24-13(2)15-7-5-6-8-17(15)19/h5-11,13H,1-4H3/t13-/m0/s1. The van der Waals surface area contributed by atoms with Gasteiger partial charge < -0.3 is 4.74 Å². The van der Waals surface area contributed by atoms with Crippen LogP contribution in [0.25, 0.3) is 0 Å². The van der Waals surface area contributed by atoms with Crippen molar-refractivity contribution in [1.82, 2.24) is 4.31 Å². The van der Waals surface area contributed by atoms with Gasteiger partial charge in [0.15, 0.2) is 0 Å². The second kappa shape index (κ2) is 7.56. The molecule has 2 aromatic carbocycles. The molecular weight excluding hydrogens is 362 g/mol. The number of hydrogen-bond donors (Lipinski definition) is 0. The first-order chi connectivity index (χ1) is 11.6. The minimum Gasteiger partial charge on any atom is -0.454 e. The van der Waals surface area contributed by atoms with Crippen molar-refractivity contribution in [3.05, 3.63) is 64.2 Å². The molecule has 134 valence electrons. The van der Waals surface area contributed by atoms with Crippen molar-refractivity contribution in [2.75, 3.05) is 14.1 Å². The Bertz CT molecular complexity index is 894. The molecule has 0 bridgehead atoms. The molecule has 0 radical (unpaired) electrons. The zero-order valence-electron chi connectivity index (χ0n) is 14.5. The molecule has 2 aromatic rings. The summed E-state index contributed by atoms with van der Waals surface area (Å²) in [5, 5.41) is 0.503. The highest BCUT2D eigenvalue weighted by molar-refractivity contribution is 7.89. The van der Waals surface area contributed by atoms with E-state index in [1.807, 2.05) is 0 Å². The number of carbonyl (C=O) groups excluding carboxylic acids is 1. The lowest BCUT2D eigenvalue weighted by Gasteiger charge is -2.17. The maximum Gasteiger partial charge on any atom is 0.339 e. The summed E-state index contributed by atoms with van der Waals surface area (Å²) >= 11 is 6.12. The van der Waals surface area contributed by atoms with Gasteiger partial charge in [-0.1, -0.05) is 35.9 Å². The number of sulfonamides is 1. The number of hydrogen-bond acceptors (Lipinski definition) is 4. The quantitative estimate of drug-likeness (QED) is 0.738. The van der Waals surface area contributed by atoms with Gasteiger partial charge in [-0.15, -0.1) is 0 Å². The van der Waals surface area contributed by atoms with Crippen molar-refractivity contribution in [1.29, 1.82) is 0 Å². The molecule has 0 spiro atoms. The van der Waals surface area contributed by atoms with Crippen molar-refractivity contribution in [2.45, 2.75) is 24.8 Å². The average Bonchev–Trinajstić information content (AvgIpc) is 2.55. The number of esters is 1. The van der Waals surface area contributed by atoms with Crippen LogP contribution in [0.5, 0.6) is 0 Å². The summed E-state index contributed by atoms with van der Waals surface area (Å²) in [5.41, 5.74) is 1.53. The smallest absolute Gasteiger partial charge is 0.339 e. The van der Waals surface area contributed by atoms with Gasteiger partial charge in [0.05, 0.1) is 10.5 Å². The Labute approximate surface area is 153 Å². The zero-order valence-corrected chi connectivity index (χ0v) is 16.1. The van der Waals surface area contributed by atoms with E-state index >= 15 is 0 Å². The minimum absolute atomic E-state index is 0.0421. The third-order valence-corrected chi connectivity index (χ3v) is 5.99. The first-order valence-corrected chi connectivity index (χ1v) is 9.45. The highest BCUT2D eigenvalue weighted by Gasteiger charge is 2.22.